The molecule has 2 atom stereocenters. The number of carbonyl (C=O) groups excluding carboxylic acids is 1. The largest absolute Gasteiger partial charge is 0.328 e. The second kappa shape index (κ2) is 5.79. The first-order valence-corrected chi connectivity index (χ1v) is 9.70. The Labute approximate surface area is 143 Å². The molecule has 1 aliphatic heterocycles. The van der Waals surface area contributed by atoms with Gasteiger partial charge in [0.25, 0.3) is 0 Å². The van der Waals surface area contributed by atoms with Gasteiger partial charge in [-0.3, -0.25) is 4.79 Å². The monoisotopic (exact) mass is 346 g/mol. The molecular weight excluding hydrogens is 328 g/mol. The molecule has 2 aromatic rings. The quantitative estimate of drug-likeness (QED) is 0.858. The summed E-state index contributed by atoms with van der Waals surface area (Å²) in [5.74, 6) is 2.28. The van der Waals surface area contributed by atoms with Crippen LogP contribution in [0.1, 0.15) is 37.6 Å². The number of aromatic nitrogens is 3. The molecule has 23 heavy (non-hydrogen) atoms. The van der Waals surface area contributed by atoms with Gasteiger partial charge in [-0.05, 0) is 29.5 Å². The van der Waals surface area contributed by atoms with E-state index in [2.05, 4.69) is 35.3 Å². The van der Waals surface area contributed by atoms with Gasteiger partial charge in [0.2, 0.25) is 11.1 Å². The fourth-order valence-corrected chi connectivity index (χ4v) is 4.66. The number of thioether (sulfide) groups is 1. The lowest BCUT2D eigenvalue weighted by atomic mass is 9.83. The Kier molecular flexibility index (Phi) is 3.77. The maximum Gasteiger partial charge on any atom is 0.227 e. The van der Waals surface area contributed by atoms with Gasteiger partial charge >= 0.3 is 0 Å². The number of nitrogens with one attached hydrogen (secondary N) is 1. The van der Waals surface area contributed by atoms with E-state index in [0.717, 1.165) is 39.4 Å². The molecule has 0 saturated carbocycles. The van der Waals surface area contributed by atoms with Crippen molar-refractivity contribution in [3.63, 3.8) is 0 Å². The summed E-state index contributed by atoms with van der Waals surface area (Å²) in [5, 5.41) is 10.8. The SMILES string of the molecule is CCSc1nc2n(n1)[C@H](c1cccs1)C1=C(C[C@@H](C)CC1=O)N2. The normalized spacial score (nSPS) is 23.5. The van der Waals surface area contributed by atoms with Crippen LogP contribution in [-0.2, 0) is 4.79 Å². The maximum atomic E-state index is 12.7. The number of allylic oxidation sites excluding steroid dienone is 2. The van der Waals surface area contributed by atoms with Gasteiger partial charge in [0.05, 0.1) is 0 Å². The number of anilines is 1. The van der Waals surface area contributed by atoms with Crippen molar-refractivity contribution in [2.24, 2.45) is 5.92 Å². The number of rotatable bonds is 3. The molecule has 1 aliphatic carbocycles. The first kappa shape index (κ1) is 15.0. The Bertz CT molecular complexity index is 778. The summed E-state index contributed by atoms with van der Waals surface area (Å²) in [7, 11) is 0. The second-order valence-corrected chi connectivity index (χ2v) is 8.18. The highest BCUT2D eigenvalue weighted by atomic mass is 32.2. The fraction of sp³-hybridized carbons (Fsp3) is 0.438. The molecule has 5 nitrogen and oxygen atoms in total. The molecule has 7 heteroatoms. The molecule has 0 amide bonds. The molecule has 0 unspecified atom stereocenters. The standard InChI is InChI=1S/C16H18N4OS2/c1-3-22-16-18-15-17-10-7-9(2)8-11(21)13(10)14(20(15)19-16)12-5-4-6-23-12/h4-6,9,14H,3,7-8H2,1-2H3,(H,17,18,19)/t9-,14-/m1/s1. The van der Waals surface area contributed by atoms with E-state index in [4.69, 9.17) is 0 Å². The number of ketones is 1. The van der Waals surface area contributed by atoms with Gasteiger partial charge < -0.3 is 5.32 Å². The first-order chi connectivity index (χ1) is 11.2. The third kappa shape index (κ3) is 2.52. The number of carbonyl (C=O) groups is 1. The summed E-state index contributed by atoms with van der Waals surface area (Å²) in [5.41, 5.74) is 1.90. The predicted octanol–water partition coefficient (Wildman–Crippen LogP) is 3.72. The molecule has 1 N–H and O–H groups in total. The van der Waals surface area contributed by atoms with Crippen molar-refractivity contribution in [2.45, 2.75) is 37.9 Å². The minimum atomic E-state index is -0.139. The van der Waals surface area contributed by atoms with E-state index in [9.17, 15) is 4.79 Å². The minimum absolute atomic E-state index is 0.139. The summed E-state index contributed by atoms with van der Waals surface area (Å²) in [6, 6.07) is 3.96. The van der Waals surface area contributed by atoms with Crippen LogP contribution >= 0.6 is 23.1 Å². The molecule has 0 saturated heterocycles. The Morgan fingerprint density at radius 3 is 3.09 bits per heavy atom. The van der Waals surface area contributed by atoms with Crippen LogP contribution in [-0.4, -0.2) is 26.3 Å². The highest BCUT2D eigenvalue weighted by Gasteiger charge is 2.38. The molecule has 0 radical (unpaired) electrons. The summed E-state index contributed by atoms with van der Waals surface area (Å²) >= 11 is 3.28. The molecule has 4 rings (SSSR count). The zero-order chi connectivity index (χ0) is 16.0. The topological polar surface area (TPSA) is 59.8 Å². The van der Waals surface area contributed by atoms with E-state index in [-0.39, 0.29) is 11.8 Å². The number of Topliss-reactive ketones (excluding diaryl/α,β-unsaturated/α-hetero) is 1. The van der Waals surface area contributed by atoms with E-state index >= 15 is 0 Å². The van der Waals surface area contributed by atoms with Gasteiger partial charge in [-0.2, -0.15) is 4.98 Å². The van der Waals surface area contributed by atoms with E-state index in [1.807, 2.05) is 16.1 Å². The number of hydrogen-bond acceptors (Lipinski definition) is 6. The zero-order valence-corrected chi connectivity index (χ0v) is 14.7. The predicted molar refractivity (Wildman–Crippen MR) is 92.9 cm³/mol. The van der Waals surface area contributed by atoms with Gasteiger partial charge in [0.15, 0.2) is 5.78 Å². The molecule has 0 bridgehead atoms. The van der Waals surface area contributed by atoms with Crippen molar-refractivity contribution < 1.29 is 4.79 Å². The summed E-state index contributed by atoms with van der Waals surface area (Å²) < 4.78 is 1.89. The van der Waals surface area contributed by atoms with Crippen LogP contribution in [0.4, 0.5) is 5.95 Å². The minimum Gasteiger partial charge on any atom is -0.328 e. The fourth-order valence-electron chi connectivity index (χ4n) is 3.29. The first-order valence-electron chi connectivity index (χ1n) is 7.83. The van der Waals surface area contributed by atoms with Gasteiger partial charge in [-0.25, -0.2) is 4.68 Å². The highest BCUT2D eigenvalue weighted by Crippen LogP contribution is 2.42. The Hall–Kier alpha value is -1.60. The van der Waals surface area contributed by atoms with Crippen LogP contribution in [0.2, 0.25) is 0 Å². The van der Waals surface area contributed by atoms with Crippen molar-refractivity contribution in [1.82, 2.24) is 14.8 Å². The lowest BCUT2D eigenvalue weighted by Crippen LogP contribution is -2.33. The molecule has 0 spiro atoms. The molecule has 0 aromatic carbocycles. The van der Waals surface area contributed by atoms with Crippen molar-refractivity contribution in [3.8, 4) is 0 Å². The second-order valence-electron chi connectivity index (χ2n) is 5.97. The van der Waals surface area contributed by atoms with Crippen LogP contribution in [0.15, 0.2) is 33.9 Å². The van der Waals surface area contributed by atoms with Gasteiger partial charge in [-0.15, -0.1) is 16.4 Å². The molecule has 0 fully saturated rings. The highest BCUT2D eigenvalue weighted by molar-refractivity contribution is 7.99. The number of fused-ring (bicyclic) bond motifs is 1. The lowest BCUT2D eigenvalue weighted by molar-refractivity contribution is -0.117. The van der Waals surface area contributed by atoms with Crippen molar-refractivity contribution in [2.75, 3.05) is 11.1 Å². The van der Waals surface area contributed by atoms with Crippen molar-refractivity contribution >= 4 is 34.8 Å². The van der Waals surface area contributed by atoms with Crippen LogP contribution in [0.5, 0.6) is 0 Å². The third-order valence-corrected chi connectivity index (χ3v) is 5.84. The molecule has 120 valence electrons. The van der Waals surface area contributed by atoms with E-state index < -0.39 is 0 Å². The average Bonchev–Trinajstić information content (AvgIpc) is 3.13. The van der Waals surface area contributed by atoms with Crippen LogP contribution in [0.25, 0.3) is 0 Å². The van der Waals surface area contributed by atoms with Crippen molar-refractivity contribution in [3.05, 3.63) is 33.7 Å². The van der Waals surface area contributed by atoms with Crippen molar-refractivity contribution in [1.29, 1.82) is 0 Å². The molecule has 2 aromatic heterocycles. The molecule has 3 heterocycles. The smallest absolute Gasteiger partial charge is 0.227 e. The van der Waals surface area contributed by atoms with E-state index in [0.29, 0.717) is 12.3 Å². The Morgan fingerprint density at radius 1 is 1.48 bits per heavy atom. The number of hydrogen-bond donors (Lipinski definition) is 1. The third-order valence-electron chi connectivity index (χ3n) is 4.19. The van der Waals surface area contributed by atoms with Gasteiger partial charge in [-0.1, -0.05) is 31.7 Å². The zero-order valence-electron chi connectivity index (χ0n) is 13.1. The Balaban J connectivity index is 1.86. The summed E-state index contributed by atoms with van der Waals surface area (Å²) in [6.45, 7) is 4.21. The number of nitrogens with zero attached hydrogens (tertiary/aromatic N) is 3. The van der Waals surface area contributed by atoms with Gasteiger partial charge in [0, 0.05) is 22.6 Å². The van der Waals surface area contributed by atoms with E-state index in [1.54, 1.807) is 23.1 Å². The van der Waals surface area contributed by atoms with Gasteiger partial charge in [0.1, 0.15) is 6.04 Å². The summed E-state index contributed by atoms with van der Waals surface area (Å²) in [6.07, 6.45) is 1.51. The summed E-state index contributed by atoms with van der Waals surface area (Å²) in [4.78, 5) is 18.5. The Morgan fingerprint density at radius 2 is 2.35 bits per heavy atom. The lowest BCUT2D eigenvalue weighted by Gasteiger charge is -2.33. The average molecular weight is 346 g/mol. The number of thiophene rings is 1. The van der Waals surface area contributed by atoms with E-state index in [1.165, 1.54) is 0 Å². The maximum absolute atomic E-state index is 12.7. The molecule has 2 aliphatic rings. The van der Waals surface area contributed by atoms with Crippen LogP contribution < -0.4 is 5.32 Å². The molecular formula is C16H18N4OS2. The van der Waals surface area contributed by atoms with Crippen LogP contribution in [0, 0.1) is 5.92 Å². The van der Waals surface area contributed by atoms with Crippen LogP contribution in [0.3, 0.4) is 0 Å².